The second-order valence-corrected chi connectivity index (χ2v) is 3.20. The molecule has 0 aliphatic rings. The van der Waals surface area contributed by atoms with Crippen LogP contribution in [0.5, 0.6) is 0 Å². The summed E-state index contributed by atoms with van der Waals surface area (Å²) in [6.07, 6.45) is 1.61. The zero-order valence-electron chi connectivity index (χ0n) is 8.12. The van der Waals surface area contributed by atoms with Gasteiger partial charge in [0.25, 0.3) is 0 Å². The molecule has 1 N–H and O–H groups in total. The minimum atomic E-state index is -0.531. The first kappa shape index (κ1) is 9.58. The number of rotatable bonds is 2. The lowest BCUT2D eigenvalue weighted by Gasteiger charge is -1.98. The summed E-state index contributed by atoms with van der Waals surface area (Å²) >= 11 is 0. The largest absolute Gasteiger partial charge is 0.342 e. The lowest BCUT2D eigenvalue weighted by molar-refractivity contribution is 0.102. The molecule has 0 unspecified atom stereocenters. The number of aromatic amines is 1. The number of nitrogens with one attached hydrogen (secondary N) is 1. The third-order valence-electron chi connectivity index (χ3n) is 2.04. The molecule has 1 aromatic heterocycles. The van der Waals surface area contributed by atoms with Gasteiger partial charge in [0, 0.05) is 6.20 Å². The van der Waals surface area contributed by atoms with Gasteiger partial charge in [-0.2, -0.15) is 0 Å². The molecule has 2 aromatic rings. The van der Waals surface area contributed by atoms with Gasteiger partial charge in [-0.25, -0.2) is 9.37 Å². The Hall–Kier alpha value is -1.97. The zero-order valence-corrected chi connectivity index (χ0v) is 8.12. The summed E-state index contributed by atoms with van der Waals surface area (Å²) in [4.78, 5) is 18.4. The summed E-state index contributed by atoms with van der Waals surface area (Å²) in [5.41, 5.74) is 0.738. The highest BCUT2D eigenvalue weighted by Crippen LogP contribution is 2.10. The molecule has 0 spiro atoms. The second-order valence-electron chi connectivity index (χ2n) is 3.20. The number of nitrogens with zero attached hydrogens (tertiary/aromatic N) is 1. The Morgan fingerprint density at radius 2 is 2.13 bits per heavy atom. The normalized spacial score (nSPS) is 10.3. The van der Waals surface area contributed by atoms with Crippen molar-refractivity contribution in [3.63, 3.8) is 0 Å². The van der Waals surface area contributed by atoms with E-state index in [0.717, 1.165) is 0 Å². The van der Waals surface area contributed by atoms with Crippen LogP contribution in [0.3, 0.4) is 0 Å². The van der Waals surface area contributed by atoms with Crippen molar-refractivity contribution in [2.24, 2.45) is 0 Å². The van der Waals surface area contributed by atoms with Crippen LogP contribution in [-0.4, -0.2) is 15.8 Å². The lowest BCUT2D eigenvalue weighted by atomic mass is 10.1. The highest BCUT2D eigenvalue weighted by Gasteiger charge is 2.15. The number of H-pyrrole nitrogens is 1. The summed E-state index contributed by atoms with van der Waals surface area (Å²) in [6, 6.07) is 5.85. The van der Waals surface area contributed by atoms with Crippen LogP contribution in [0.4, 0.5) is 4.39 Å². The van der Waals surface area contributed by atoms with Crippen LogP contribution in [0.25, 0.3) is 0 Å². The molecule has 0 atom stereocenters. The van der Waals surface area contributed by atoms with Crippen LogP contribution >= 0.6 is 0 Å². The van der Waals surface area contributed by atoms with Crippen LogP contribution in [0.15, 0.2) is 30.5 Å². The summed E-state index contributed by atoms with van der Waals surface area (Å²) in [5.74, 6) is -0.796. The van der Waals surface area contributed by atoms with Gasteiger partial charge in [-0.1, -0.05) is 12.1 Å². The number of ketones is 1. The maximum absolute atomic E-state index is 13.3. The van der Waals surface area contributed by atoms with Crippen LogP contribution < -0.4 is 0 Å². The Kier molecular flexibility index (Phi) is 2.33. The highest BCUT2D eigenvalue weighted by molar-refractivity contribution is 6.06. The molecule has 0 bridgehead atoms. The summed E-state index contributed by atoms with van der Waals surface area (Å²) in [5, 5.41) is 0. The number of halogens is 1. The third-order valence-corrected chi connectivity index (χ3v) is 2.04. The van der Waals surface area contributed by atoms with Crippen LogP contribution in [0.2, 0.25) is 0 Å². The van der Waals surface area contributed by atoms with Gasteiger partial charge in [-0.05, 0) is 19.1 Å². The van der Waals surface area contributed by atoms with Gasteiger partial charge in [-0.15, -0.1) is 0 Å². The fourth-order valence-corrected chi connectivity index (χ4v) is 1.30. The van der Waals surface area contributed by atoms with Gasteiger partial charge in [0.05, 0.1) is 11.3 Å². The van der Waals surface area contributed by atoms with E-state index in [1.807, 2.05) is 0 Å². The van der Waals surface area contributed by atoms with Crippen molar-refractivity contribution in [1.82, 2.24) is 9.97 Å². The number of hydrogen-bond acceptors (Lipinski definition) is 2. The van der Waals surface area contributed by atoms with Crippen LogP contribution in [-0.2, 0) is 0 Å². The molecule has 0 fully saturated rings. The molecule has 0 saturated carbocycles. The SMILES string of the molecule is Cc1c[nH]c(C(=O)c2ccccc2F)n1. The summed E-state index contributed by atoms with van der Waals surface area (Å²) < 4.78 is 13.3. The monoisotopic (exact) mass is 204 g/mol. The van der Waals surface area contributed by atoms with Crippen LogP contribution in [0.1, 0.15) is 21.9 Å². The molecule has 0 aliphatic heterocycles. The average molecular weight is 204 g/mol. The average Bonchev–Trinajstić information content (AvgIpc) is 2.65. The minimum Gasteiger partial charge on any atom is -0.342 e. The molecular formula is C11H9FN2O. The van der Waals surface area contributed by atoms with E-state index >= 15 is 0 Å². The Morgan fingerprint density at radius 3 is 2.73 bits per heavy atom. The molecule has 3 nitrogen and oxygen atoms in total. The molecule has 0 saturated heterocycles. The Labute approximate surface area is 86.0 Å². The van der Waals surface area contributed by atoms with Crippen LogP contribution in [0, 0.1) is 12.7 Å². The Morgan fingerprint density at radius 1 is 1.40 bits per heavy atom. The summed E-state index contributed by atoms with van der Waals surface area (Å²) in [7, 11) is 0. The molecule has 76 valence electrons. The Bertz CT molecular complexity index is 505. The molecule has 0 radical (unpaired) electrons. The molecule has 1 heterocycles. The quantitative estimate of drug-likeness (QED) is 0.761. The van der Waals surface area contributed by atoms with E-state index in [2.05, 4.69) is 9.97 Å². The number of hydrogen-bond donors (Lipinski definition) is 1. The van der Waals surface area contributed by atoms with Crippen molar-refractivity contribution in [3.05, 3.63) is 53.4 Å². The standard InChI is InChI=1S/C11H9FN2O/c1-7-6-13-11(14-7)10(15)8-4-2-3-5-9(8)12/h2-6H,1H3,(H,13,14). The molecule has 2 rings (SSSR count). The van der Waals surface area contributed by atoms with Gasteiger partial charge < -0.3 is 4.98 Å². The molecule has 1 aromatic carbocycles. The third kappa shape index (κ3) is 1.79. The molecular weight excluding hydrogens is 195 g/mol. The van der Waals surface area contributed by atoms with E-state index in [9.17, 15) is 9.18 Å². The molecule has 15 heavy (non-hydrogen) atoms. The molecule has 4 heteroatoms. The van der Waals surface area contributed by atoms with Gasteiger partial charge in [0.15, 0.2) is 5.82 Å². The van der Waals surface area contributed by atoms with Gasteiger partial charge in [0.2, 0.25) is 5.78 Å². The highest BCUT2D eigenvalue weighted by atomic mass is 19.1. The number of carbonyl (C=O) groups is 1. The summed E-state index contributed by atoms with van der Waals surface area (Å²) in [6.45, 7) is 1.76. The smallest absolute Gasteiger partial charge is 0.231 e. The predicted octanol–water partition coefficient (Wildman–Crippen LogP) is 2.09. The van der Waals surface area contributed by atoms with E-state index in [4.69, 9.17) is 0 Å². The zero-order chi connectivity index (χ0) is 10.8. The van der Waals surface area contributed by atoms with Gasteiger partial charge >= 0.3 is 0 Å². The van der Waals surface area contributed by atoms with Crippen molar-refractivity contribution < 1.29 is 9.18 Å². The van der Waals surface area contributed by atoms with E-state index in [1.54, 1.807) is 25.3 Å². The maximum atomic E-state index is 13.3. The lowest BCUT2D eigenvalue weighted by Crippen LogP contribution is -2.06. The Balaban J connectivity index is 2.41. The first-order valence-corrected chi connectivity index (χ1v) is 4.50. The molecule has 0 amide bonds. The molecule has 0 aliphatic carbocycles. The first-order valence-electron chi connectivity index (χ1n) is 4.50. The number of aromatic nitrogens is 2. The van der Waals surface area contributed by atoms with Crippen molar-refractivity contribution in [3.8, 4) is 0 Å². The number of carbonyl (C=O) groups excluding carboxylic acids is 1. The fraction of sp³-hybridized carbons (Fsp3) is 0.0909. The van der Waals surface area contributed by atoms with Gasteiger partial charge in [0.1, 0.15) is 5.82 Å². The topological polar surface area (TPSA) is 45.8 Å². The van der Waals surface area contributed by atoms with E-state index < -0.39 is 11.6 Å². The van der Waals surface area contributed by atoms with E-state index in [1.165, 1.54) is 12.1 Å². The van der Waals surface area contributed by atoms with Gasteiger partial charge in [-0.3, -0.25) is 4.79 Å². The van der Waals surface area contributed by atoms with Crippen molar-refractivity contribution in [2.45, 2.75) is 6.92 Å². The van der Waals surface area contributed by atoms with Crippen molar-refractivity contribution in [1.29, 1.82) is 0 Å². The number of imidazole rings is 1. The van der Waals surface area contributed by atoms with E-state index in [-0.39, 0.29) is 11.4 Å². The first-order chi connectivity index (χ1) is 7.18. The fourth-order valence-electron chi connectivity index (χ4n) is 1.30. The van der Waals surface area contributed by atoms with Crippen molar-refractivity contribution in [2.75, 3.05) is 0 Å². The second kappa shape index (κ2) is 3.65. The maximum Gasteiger partial charge on any atom is 0.231 e. The van der Waals surface area contributed by atoms with Crippen molar-refractivity contribution >= 4 is 5.78 Å². The number of benzene rings is 1. The van der Waals surface area contributed by atoms with E-state index in [0.29, 0.717) is 5.69 Å². The minimum absolute atomic E-state index is 0.0341. The predicted molar refractivity (Wildman–Crippen MR) is 53.2 cm³/mol. The number of aryl methyl sites for hydroxylation is 1.